The molecule has 0 radical (unpaired) electrons. The summed E-state index contributed by atoms with van der Waals surface area (Å²) in [5.41, 5.74) is 1.48. The molecule has 1 aliphatic rings. The molecule has 0 atom stereocenters. The Kier molecular flexibility index (Phi) is 7.53. The van der Waals surface area contributed by atoms with Crippen LogP contribution in [0.4, 0.5) is 0 Å². The Labute approximate surface area is 201 Å². The number of aryl methyl sites for hydroxylation is 2. The number of amides is 1. The van der Waals surface area contributed by atoms with Crippen LogP contribution >= 0.6 is 0 Å². The maximum atomic E-state index is 13.0. The molecule has 2 aromatic carbocycles. The van der Waals surface area contributed by atoms with Gasteiger partial charge in [-0.3, -0.25) is 4.79 Å². The standard InChI is InChI=1S/C25H32N4O4S/c1-27(17-18-33-20-9-5-3-6-10-20)25(30)14-13-24-26-22-19-21(11-12-23(22)28(24)2)34(31,32)29-15-7-4-8-16-29/h3,5-6,9-12,19H,4,7-8,13-18H2,1-2H3. The first kappa shape index (κ1) is 24.2. The molecule has 0 aliphatic carbocycles. The van der Waals surface area contributed by atoms with Gasteiger partial charge in [0.15, 0.2) is 0 Å². The van der Waals surface area contributed by atoms with Crippen LogP contribution in [-0.2, 0) is 28.3 Å². The van der Waals surface area contributed by atoms with Crippen LogP contribution in [0.25, 0.3) is 11.0 Å². The second-order valence-electron chi connectivity index (χ2n) is 8.68. The van der Waals surface area contributed by atoms with E-state index in [9.17, 15) is 13.2 Å². The molecule has 2 heterocycles. The predicted molar refractivity (Wildman–Crippen MR) is 131 cm³/mol. The topological polar surface area (TPSA) is 84.7 Å². The zero-order chi connectivity index (χ0) is 24.1. The minimum absolute atomic E-state index is 0.0112. The van der Waals surface area contributed by atoms with Gasteiger partial charge in [0.1, 0.15) is 18.2 Å². The van der Waals surface area contributed by atoms with Gasteiger partial charge in [-0.1, -0.05) is 24.6 Å². The number of benzene rings is 2. The van der Waals surface area contributed by atoms with Crippen molar-refractivity contribution in [3.63, 3.8) is 0 Å². The minimum Gasteiger partial charge on any atom is -0.492 e. The molecule has 3 aromatic rings. The van der Waals surface area contributed by atoms with Gasteiger partial charge < -0.3 is 14.2 Å². The van der Waals surface area contributed by atoms with Crippen LogP contribution in [0.1, 0.15) is 31.5 Å². The molecule has 0 unspecified atom stereocenters. The van der Waals surface area contributed by atoms with Gasteiger partial charge in [0, 0.05) is 40.0 Å². The lowest BCUT2D eigenvalue weighted by molar-refractivity contribution is -0.130. The highest BCUT2D eigenvalue weighted by molar-refractivity contribution is 7.89. The first-order chi connectivity index (χ1) is 16.4. The molecule has 8 nitrogen and oxygen atoms in total. The summed E-state index contributed by atoms with van der Waals surface area (Å²) < 4.78 is 35.2. The third-order valence-electron chi connectivity index (χ3n) is 6.32. The van der Waals surface area contributed by atoms with Crippen molar-refractivity contribution in [3.05, 3.63) is 54.4 Å². The summed E-state index contributed by atoms with van der Waals surface area (Å²) in [6, 6.07) is 14.6. The fraction of sp³-hybridized carbons (Fsp3) is 0.440. The Morgan fingerprint density at radius 2 is 1.82 bits per heavy atom. The van der Waals surface area contributed by atoms with Crippen LogP contribution in [0.2, 0.25) is 0 Å². The van der Waals surface area contributed by atoms with Crippen molar-refractivity contribution in [2.45, 2.75) is 37.0 Å². The number of hydrogen-bond acceptors (Lipinski definition) is 5. The first-order valence-corrected chi connectivity index (χ1v) is 13.2. The zero-order valence-corrected chi connectivity index (χ0v) is 20.6. The van der Waals surface area contributed by atoms with Gasteiger partial charge in [-0.2, -0.15) is 4.31 Å². The van der Waals surface area contributed by atoms with E-state index in [1.165, 1.54) is 0 Å². The van der Waals surface area contributed by atoms with Gasteiger partial charge >= 0.3 is 0 Å². The van der Waals surface area contributed by atoms with Crippen molar-refractivity contribution in [2.75, 3.05) is 33.3 Å². The Morgan fingerprint density at radius 3 is 2.56 bits per heavy atom. The highest BCUT2D eigenvalue weighted by atomic mass is 32.2. The molecule has 9 heteroatoms. The summed E-state index contributed by atoms with van der Waals surface area (Å²) >= 11 is 0. The Bertz CT molecular complexity index is 1230. The van der Waals surface area contributed by atoms with Crippen molar-refractivity contribution in [1.29, 1.82) is 0 Å². The number of imidazole rings is 1. The van der Waals surface area contributed by atoms with Crippen LogP contribution in [0, 0.1) is 0 Å². The van der Waals surface area contributed by atoms with Gasteiger partial charge in [-0.15, -0.1) is 0 Å². The second-order valence-corrected chi connectivity index (χ2v) is 10.6. The number of piperidine rings is 1. The number of hydrogen-bond donors (Lipinski definition) is 0. The molecular formula is C25H32N4O4S. The predicted octanol–water partition coefficient (Wildman–Crippen LogP) is 3.22. The van der Waals surface area contributed by atoms with Crippen molar-refractivity contribution in [1.82, 2.24) is 18.8 Å². The smallest absolute Gasteiger partial charge is 0.243 e. The van der Waals surface area contributed by atoms with Crippen LogP contribution in [-0.4, -0.2) is 66.4 Å². The average molecular weight is 485 g/mol. The maximum Gasteiger partial charge on any atom is 0.243 e. The third kappa shape index (κ3) is 5.42. The van der Waals surface area contributed by atoms with E-state index in [-0.39, 0.29) is 10.8 Å². The number of para-hydroxylation sites is 1. The Morgan fingerprint density at radius 1 is 1.09 bits per heavy atom. The monoisotopic (exact) mass is 484 g/mol. The average Bonchev–Trinajstić information content (AvgIpc) is 3.18. The van der Waals surface area contributed by atoms with E-state index in [0.717, 1.165) is 36.4 Å². The molecule has 34 heavy (non-hydrogen) atoms. The molecule has 0 N–H and O–H groups in total. The molecule has 182 valence electrons. The summed E-state index contributed by atoms with van der Waals surface area (Å²) in [7, 11) is 0.150. The maximum absolute atomic E-state index is 13.0. The minimum atomic E-state index is -3.51. The summed E-state index contributed by atoms with van der Waals surface area (Å²) in [6.07, 6.45) is 3.66. The summed E-state index contributed by atoms with van der Waals surface area (Å²) in [5, 5.41) is 0. The van der Waals surface area contributed by atoms with Gasteiger partial charge in [0.25, 0.3) is 0 Å². The summed E-state index contributed by atoms with van der Waals surface area (Å²) in [6.45, 7) is 2.06. The van der Waals surface area contributed by atoms with Crippen molar-refractivity contribution >= 4 is 27.0 Å². The highest BCUT2D eigenvalue weighted by Crippen LogP contribution is 2.25. The van der Waals surface area contributed by atoms with Crippen LogP contribution < -0.4 is 4.74 Å². The van der Waals surface area contributed by atoms with Gasteiger partial charge in [-0.05, 0) is 43.2 Å². The molecule has 0 bridgehead atoms. The normalized spacial score (nSPS) is 14.9. The van der Waals surface area contributed by atoms with Crippen LogP contribution in [0.15, 0.2) is 53.4 Å². The zero-order valence-electron chi connectivity index (χ0n) is 19.8. The molecule has 1 saturated heterocycles. The molecule has 1 aromatic heterocycles. The van der Waals surface area contributed by atoms with Gasteiger partial charge in [0.05, 0.1) is 22.5 Å². The lowest BCUT2D eigenvalue weighted by Crippen LogP contribution is -2.35. The number of ether oxygens (including phenoxy) is 1. The summed E-state index contributed by atoms with van der Waals surface area (Å²) in [4.78, 5) is 19.2. The first-order valence-electron chi connectivity index (χ1n) is 11.7. The van der Waals surface area contributed by atoms with E-state index in [1.807, 2.05) is 41.9 Å². The number of rotatable bonds is 9. The molecule has 1 amide bonds. The number of fused-ring (bicyclic) bond motifs is 1. The van der Waals surface area contributed by atoms with Gasteiger partial charge in [0.2, 0.25) is 15.9 Å². The number of aromatic nitrogens is 2. The van der Waals surface area contributed by atoms with E-state index in [0.29, 0.717) is 44.6 Å². The molecular weight excluding hydrogens is 452 g/mol. The number of carbonyl (C=O) groups is 1. The van der Waals surface area contributed by atoms with Crippen LogP contribution in [0.3, 0.4) is 0 Å². The number of sulfonamides is 1. The second kappa shape index (κ2) is 10.6. The van der Waals surface area contributed by atoms with E-state index in [4.69, 9.17) is 4.74 Å². The van der Waals surface area contributed by atoms with Gasteiger partial charge in [-0.25, -0.2) is 13.4 Å². The van der Waals surface area contributed by atoms with Crippen molar-refractivity contribution in [2.24, 2.45) is 7.05 Å². The fourth-order valence-electron chi connectivity index (χ4n) is 4.22. The number of carbonyl (C=O) groups excluding carboxylic acids is 1. The van der Waals surface area contributed by atoms with E-state index in [1.54, 1.807) is 34.5 Å². The number of likely N-dealkylation sites (N-methyl/N-ethyl adjacent to an activating group) is 1. The Hall–Kier alpha value is -2.91. The molecule has 4 rings (SSSR count). The highest BCUT2D eigenvalue weighted by Gasteiger charge is 2.26. The lowest BCUT2D eigenvalue weighted by atomic mass is 10.2. The third-order valence-corrected chi connectivity index (χ3v) is 8.22. The Balaban J connectivity index is 1.37. The van der Waals surface area contributed by atoms with Crippen LogP contribution in [0.5, 0.6) is 5.75 Å². The largest absolute Gasteiger partial charge is 0.492 e. The molecule has 0 spiro atoms. The quantitative estimate of drug-likeness (QED) is 0.466. The van der Waals surface area contributed by atoms with Crippen molar-refractivity contribution in [3.8, 4) is 5.75 Å². The molecule has 0 saturated carbocycles. The van der Waals surface area contributed by atoms with E-state index >= 15 is 0 Å². The summed E-state index contributed by atoms with van der Waals surface area (Å²) in [5.74, 6) is 1.55. The fourth-order valence-corrected chi connectivity index (χ4v) is 5.76. The van der Waals surface area contributed by atoms with Crippen molar-refractivity contribution < 1.29 is 17.9 Å². The van der Waals surface area contributed by atoms with E-state index < -0.39 is 10.0 Å². The van der Waals surface area contributed by atoms with E-state index in [2.05, 4.69) is 4.98 Å². The lowest BCUT2D eigenvalue weighted by Gasteiger charge is -2.25. The SMILES string of the molecule is CN(CCOc1ccccc1)C(=O)CCc1nc2cc(S(=O)(=O)N3CCCCC3)ccc2n1C. The molecule has 1 fully saturated rings. The number of nitrogens with zero attached hydrogens (tertiary/aromatic N) is 4. The molecule has 1 aliphatic heterocycles.